The average Bonchev–Trinajstić information content (AvgIpc) is 3.80. The molecule has 3 aliphatic rings. The van der Waals surface area contributed by atoms with Gasteiger partial charge in [-0.25, -0.2) is 4.98 Å². The van der Waals surface area contributed by atoms with E-state index >= 15 is 0 Å². The Morgan fingerprint density at radius 2 is 1.86 bits per heavy atom. The minimum absolute atomic E-state index is 0.0364. The minimum atomic E-state index is -0.326. The van der Waals surface area contributed by atoms with E-state index in [4.69, 9.17) is 9.15 Å². The molecule has 2 atom stereocenters. The summed E-state index contributed by atoms with van der Waals surface area (Å²) in [4.78, 5) is 33.1. The van der Waals surface area contributed by atoms with E-state index in [9.17, 15) is 14.9 Å². The van der Waals surface area contributed by atoms with E-state index in [1.807, 2.05) is 37.1 Å². The van der Waals surface area contributed by atoms with Crippen LogP contribution in [0.4, 0.5) is 0 Å². The monoisotopic (exact) mass is 573 g/mol. The van der Waals surface area contributed by atoms with Crippen molar-refractivity contribution in [2.75, 3.05) is 26.7 Å². The molecule has 1 fully saturated rings. The zero-order chi connectivity index (χ0) is 29.8. The highest BCUT2D eigenvalue weighted by molar-refractivity contribution is 5.89. The molecule has 1 unspecified atom stereocenters. The lowest BCUT2D eigenvalue weighted by Gasteiger charge is -2.27. The van der Waals surface area contributed by atoms with Crippen LogP contribution in [0.25, 0.3) is 33.7 Å². The van der Waals surface area contributed by atoms with Gasteiger partial charge < -0.3 is 19.4 Å². The summed E-state index contributed by atoms with van der Waals surface area (Å²) in [5.41, 5.74) is 8.48. The maximum atomic E-state index is 13.1. The van der Waals surface area contributed by atoms with Crippen molar-refractivity contribution in [3.63, 3.8) is 0 Å². The van der Waals surface area contributed by atoms with Gasteiger partial charge in [-0.05, 0) is 80.7 Å². The molecular weight excluding hydrogens is 542 g/mol. The molecule has 4 aromatic rings. The van der Waals surface area contributed by atoms with Gasteiger partial charge >= 0.3 is 0 Å². The van der Waals surface area contributed by atoms with Crippen LogP contribution in [0.5, 0.6) is 0 Å². The number of rotatable bonds is 5. The third-order valence-electron chi connectivity index (χ3n) is 8.98. The zero-order valence-corrected chi connectivity index (χ0v) is 24.3. The number of likely N-dealkylation sites (N-methyl/N-ethyl adjacent to an activating group) is 1. The fourth-order valence-corrected chi connectivity index (χ4v) is 6.61. The van der Waals surface area contributed by atoms with Gasteiger partial charge in [0.05, 0.1) is 30.4 Å². The molecule has 3 aliphatic heterocycles. The summed E-state index contributed by atoms with van der Waals surface area (Å²) in [6.45, 7) is 6.12. The number of nitrogens with zero attached hydrogens (tertiary/aromatic N) is 4. The van der Waals surface area contributed by atoms with E-state index in [0.717, 1.165) is 64.2 Å². The molecule has 0 aliphatic carbocycles. The Kier molecular flexibility index (Phi) is 6.51. The Morgan fingerprint density at radius 3 is 2.58 bits per heavy atom. The van der Waals surface area contributed by atoms with Crippen LogP contribution in [0.2, 0.25) is 0 Å². The van der Waals surface area contributed by atoms with E-state index in [-0.39, 0.29) is 23.7 Å². The number of benzene rings is 3. The van der Waals surface area contributed by atoms with Crippen LogP contribution in [-0.2, 0) is 9.53 Å². The number of ether oxygens (including phenoxy) is 1. The van der Waals surface area contributed by atoms with Crippen LogP contribution in [0.3, 0.4) is 0 Å². The zero-order valence-electron chi connectivity index (χ0n) is 24.3. The molecule has 9 nitrogen and oxygen atoms in total. The second-order valence-electron chi connectivity index (χ2n) is 11.5. The first kappa shape index (κ1) is 26.9. The number of likely N-dealkylation sites (tertiary alicyclic amines) is 1. The summed E-state index contributed by atoms with van der Waals surface area (Å²) in [6, 6.07) is 17.4. The number of nitriles is 1. The van der Waals surface area contributed by atoms with Gasteiger partial charge in [-0.2, -0.15) is 5.26 Å². The lowest BCUT2D eigenvalue weighted by molar-refractivity contribution is -0.134. The molecule has 0 radical (unpaired) electrons. The van der Waals surface area contributed by atoms with Crippen molar-refractivity contribution in [1.82, 2.24) is 20.1 Å². The number of carbonyl (C=O) groups is 2. The van der Waals surface area contributed by atoms with Crippen molar-refractivity contribution in [1.29, 1.82) is 5.26 Å². The number of aldehydes is 1. The molecule has 1 aromatic heterocycles. The summed E-state index contributed by atoms with van der Waals surface area (Å²) in [7, 11) is 2.02. The molecule has 1 N–H and O–H groups in total. The third kappa shape index (κ3) is 4.46. The largest absolute Gasteiger partial charge is 0.467 e. The fourth-order valence-electron chi connectivity index (χ4n) is 6.61. The minimum Gasteiger partial charge on any atom is -0.467 e. The highest BCUT2D eigenvalue weighted by Crippen LogP contribution is 2.39. The predicted molar refractivity (Wildman–Crippen MR) is 161 cm³/mol. The van der Waals surface area contributed by atoms with E-state index in [0.29, 0.717) is 41.9 Å². The molecule has 1 amide bonds. The molecule has 0 spiro atoms. The van der Waals surface area contributed by atoms with Gasteiger partial charge in [0.2, 0.25) is 11.8 Å². The van der Waals surface area contributed by atoms with Gasteiger partial charge in [-0.1, -0.05) is 30.3 Å². The average molecular weight is 574 g/mol. The number of carbonyl (C=O) groups excluding carboxylic acids is 2. The van der Waals surface area contributed by atoms with Crippen LogP contribution < -0.4 is 5.32 Å². The first-order valence-corrected chi connectivity index (χ1v) is 14.5. The Labute approximate surface area is 249 Å². The summed E-state index contributed by atoms with van der Waals surface area (Å²) in [5.74, 6) is 1.41. The molecule has 216 valence electrons. The van der Waals surface area contributed by atoms with Gasteiger partial charge in [0.15, 0.2) is 11.8 Å². The van der Waals surface area contributed by atoms with Crippen molar-refractivity contribution >= 4 is 23.3 Å². The van der Waals surface area contributed by atoms with Crippen molar-refractivity contribution in [2.24, 2.45) is 0 Å². The normalized spacial score (nSPS) is 19.8. The van der Waals surface area contributed by atoms with E-state index in [1.165, 1.54) is 6.07 Å². The van der Waals surface area contributed by atoms with Crippen molar-refractivity contribution in [3.05, 3.63) is 87.8 Å². The number of aromatic nitrogens is 1. The van der Waals surface area contributed by atoms with Crippen LogP contribution in [0, 0.1) is 25.2 Å². The Hall–Kier alpha value is -4.94. The summed E-state index contributed by atoms with van der Waals surface area (Å²) < 4.78 is 12.5. The lowest BCUT2D eigenvalue weighted by Crippen LogP contribution is -2.44. The maximum Gasteiger partial charge on any atom is 0.240 e. The Morgan fingerprint density at radius 1 is 1.09 bits per heavy atom. The highest BCUT2D eigenvalue weighted by Gasteiger charge is 2.39. The summed E-state index contributed by atoms with van der Waals surface area (Å²) >= 11 is 0. The van der Waals surface area contributed by atoms with Crippen molar-refractivity contribution in [2.45, 2.75) is 39.0 Å². The number of fused-ring (bicyclic) bond motifs is 1. The van der Waals surface area contributed by atoms with Crippen molar-refractivity contribution < 1.29 is 18.7 Å². The van der Waals surface area contributed by atoms with E-state index in [1.54, 1.807) is 6.07 Å². The van der Waals surface area contributed by atoms with Gasteiger partial charge in [-0.3, -0.25) is 14.5 Å². The highest BCUT2D eigenvalue weighted by atomic mass is 16.5. The molecule has 3 aromatic carbocycles. The number of amides is 1. The van der Waals surface area contributed by atoms with E-state index in [2.05, 4.69) is 46.4 Å². The summed E-state index contributed by atoms with van der Waals surface area (Å²) in [5, 5.41) is 13.1. The number of oxazole rings is 1. The smallest absolute Gasteiger partial charge is 0.240 e. The molecule has 0 bridgehead atoms. The molecule has 9 heteroatoms. The standard InChI is InChI=1S/C34H31N5O4/c1-19-23(24-8-5-10-26(20(24)2)33-36-27-14-21(18-40)13-22(15-35)31(27)43-33)7-4-9-25(19)32-37-28-16-39(17-30(28)42-32)34(41)29-11-6-12-38(29)3/h4-5,7-10,13-14,18,29,32,37H,6,11-12,16-17H2,1-3H3/t29-,32?/m0/s1. The predicted octanol–water partition coefficient (Wildman–Crippen LogP) is 5.23. The lowest BCUT2D eigenvalue weighted by atomic mass is 9.91. The fraction of sp³-hybridized carbons (Fsp3) is 0.294. The van der Waals surface area contributed by atoms with Crippen molar-refractivity contribution in [3.8, 4) is 28.7 Å². The van der Waals surface area contributed by atoms with Gasteiger partial charge in [0.1, 0.15) is 23.6 Å². The number of nitrogens with one attached hydrogen (secondary N) is 1. The van der Waals surface area contributed by atoms with Crippen LogP contribution in [0.1, 0.15) is 51.7 Å². The molecular formula is C34H31N5O4. The molecule has 1 saturated heterocycles. The first-order valence-electron chi connectivity index (χ1n) is 14.5. The van der Waals surface area contributed by atoms with Gasteiger partial charge in [-0.15, -0.1) is 0 Å². The molecule has 7 rings (SSSR count). The summed E-state index contributed by atoms with van der Waals surface area (Å²) in [6.07, 6.45) is 2.35. The topological polar surface area (TPSA) is 112 Å². The third-order valence-corrected chi connectivity index (χ3v) is 8.98. The molecule has 4 heterocycles. The number of hydrogen-bond acceptors (Lipinski definition) is 8. The van der Waals surface area contributed by atoms with Crippen LogP contribution in [0.15, 0.2) is 64.4 Å². The van der Waals surface area contributed by atoms with Crippen LogP contribution in [-0.4, -0.2) is 59.7 Å². The van der Waals surface area contributed by atoms with E-state index < -0.39 is 0 Å². The number of hydrogen-bond donors (Lipinski definition) is 1. The maximum absolute atomic E-state index is 13.1. The Balaban J connectivity index is 1.15. The SMILES string of the molecule is Cc1c(-c2nc3cc(C=O)cc(C#N)c3o2)cccc1-c1cccc(C2NC3=C(CN(C(=O)[C@@H]4CCCN4C)C3)O2)c1C. The molecule has 43 heavy (non-hydrogen) atoms. The Bertz CT molecular complexity index is 1870. The van der Waals surface area contributed by atoms with Gasteiger partial charge in [0.25, 0.3) is 0 Å². The second-order valence-corrected chi connectivity index (χ2v) is 11.5. The first-order chi connectivity index (χ1) is 20.9. The van der Waals surface area contributed by atoms with Gasteiger partial charge in [0, 0.05) is 16.7 Å². The van der Waals surface area contributed by atoms with Crippen LogP contribution >= 0.6 is 0 Å². The quantitative estimate of drug-likeness (QED) is 0.323. The molecule has 0 saturated carbocycles. The second kappa shape index (κ2) is 10.4.